The Hall–Kier alpha value is -1.06. The first-order chi connectivity index (χ1) is 9.60. The van der Waals surface area contributed by atoms with Gasteiger partial charge in [0.25, 0.3) is 0 Å². The first-order valence-corrected chi connectivity index (χ1v) is 7.74. The first kappa shape index (κ1) is 15.3. The predicted octanol–water partition coefficient (Wildman–Crippen LogP) is 3.28. The number of hydrogen-bond acceptors (Lipinski definition) is 2. The second kappa shape index (κ2) is 7.09. The minimum Gasteiger partial charge on any atom is -0.349 e. The molecular formula is C16H23ClN2O. The summed E-state index contributed by atoms with van der Waals surface area (Å²) in [5.41, 5.74) is 6.76. The van der Waals surface area contributed by atoms with Crippen LogP contribution in [-0.2, 0) is 4.79 Å². The standard InChI is InChI=1S/C16H23ClN2O/c1-11(13-6-8-15(17)9-7-13)19-16(20)14-4-2-12(10-18)3-5-14/h6-9,11-12,14H,2-5,10,18H2,1H3,(H,19,20). The molecule has 1 aromatic rings. The predicted molar refractivity (Wildman–Crippen MR) is 82.5 cm³/mol. The van der Waals surface area contributed by atoms with Crippen LogP contribution in [0.3, 0.4) is 0 Å². The Morgan fingerprint density at radius 3 is 2.45 bits per heavy atom. The van der Waals surface area contributed by atoms with Gasteiger partial charge in [-0.3, -0.25) is 4.79 Å². The Morgan fingerprint density at radius 2 is 1.90 bits per heavy atom. The number of nitrogens with one attached hydrogen (secondary N) is 1. The number of amides is 1. The molecule has 1 amide bonds. The number of hydrogen-bond donors (Lipinski definition) is 2. The number of halogens is 1. The Morgan fingerprint density at radius 1 is 1.30 bits per heavy atom. The van der Waals surface area contributed by atoms with Crippen molar-refractivity contribution >= 4 is 17.5 Å². The van der Waals surface area contributed by atoms with Crippen molar-refractivity contribution in [3.63, 3.8) is 0 Å². The largest absolute Gasteiger partial charge is 0.349 e. The van der Waals surface area contributed by atoms with E-state index in [2.05, 4.69) is 5.32 Å². The van der Waals surface area contributed by atoms with Crippen LogP contribution in [0.1, 0.15) is 44.2 Å². The Bertz CT molecular complexity index is 438. The van der Waals surface area contributed by atoms with E-state index >= 15 is 0 Å². The van der Waals surface area contributed by atoms with Crippen molar-refractivity contribution in [2.75, 3.05) is 6.54 Å². The molecule has 110 valence electrons. The van der Waals surface area contributed by atoms with Gasteiger partial charge in [-0.1, -0.05) is 23.7 Å². The van der Waals surface area contributed by atoms with E-state index < -0.39 is 0 Å². The zero-order valence-electron chi connectivity index (χ0n) is 11.9. The molecule has 0 saturated heterocycles. The van der Waals surface area contributed by atoms with Gasteiger partial charge in [0.05, 0.1) is 6.04 Å². The summed E-state index contributed by atoms with van der Waals surface area (Å²) in [6.45, 7) is 2.75. The SMILES string of the molecule is CC(NC(=O)C1CCC(CN)CC1)c1ccc(Cl)cc1. The topological polar surface area (TPSA) is 55.1 Å². The maximum absolute atomic E-state index is 12.3. The maximum Gasteiger partial charge on any atom is 0.223 e. The van der Waals surface area contributed by atoms with E-state index in [-0.39, 0.29) is 17.9 Å². The summed E-state index contributed by atoms with van der Waals surface area (Å²) in [4.78, 5) is 12.3. The summed E-state index contributed by atoms with van der Waals surface area (Å²) in [7, 11) is 0. The average Bonchev–Trinajstić information content (AvgIpc) is 2.48. The third-order valence-corrected chi connectivity index (χ3v) is 4.53. The summed E-state index contributed by atoms with van der Waals surface area (Å²) < 4.78 is 0. The van der Waals surface area contributed by atoms with E-state index in [1.54, 1.807) is 0 Å². The van der Waals surface area contributed by atoms with Gasteiger partial charge in [0.15, 0.2) is 0 Å². The Balaban J connectivity index is 1.86. The van der Waals surface area contributed by atoms with Crippen LogP contribution in [0.25, 0.3) is 0 Å². The lowest BCUT2D eigenvalue weighted by Crippen LogP contribution is -2.35. The molecule has 0 aliphatic heterocycles. The molecule has 3 nitrogen and oxygen atoms in total. The van der Waals surface area contributed by atoms with Gasteiger partial charge in [-0.15, -0.1) is 0 Å². The molecule has 3 N–H and O–H groups in total. The van der Waals surface area contributed by atoms with Crippen molar-refractivity contribution in [2.24, 2.45) is 17.6 Å². The third kappa shape index (κ3) is 3.97. The average molecular weight is 295 g/mol. The van der Waals surface area contributed by atoms with Crippen LogP contribution in [0.15, 0.2) is 24.3 Å². The Labute approximate surface area is 125 Å². The molecule has 1 aliphatic carbocycles. The van der Waals surface area contributed by atoms with E-state index in [1.807, 2.05) is 31.2 Å². The molecule has 0 heterocycles. The lowest BCUT2D eigenvalue weighted by atomic mass is 9.81. The summed E-state index contributed by atoms with van der Waals surface area (Å²) in [5.74, 6) is 0.920. The number of nitrogens with two attached hydrogens (primary N) is 1. The molecule has 2 rings (SSSR count). The summed E-state index contributed by atoms with van der Waals surface area (Å²) >= 11 is 5.87. The molecule has 0 aromatic heterocycles. The van der Waals surface area contributed by atoms with Gasteiger partial charge in [0.1, 0.15) is 0 Å². The van der Waals surface area contributed by atoms with Crippen LogP contribution in [0.2, 0.25) is 5.02 Å². The van der Waals surface area contributed by atoms with E-state index in [9.17, 15) is 4.79 Å². The lowest BCUT2D eigenvalue weighted by molar-refractivity contribution is -0.126. The minimum absolute atomic E-state index is 0.0204. The fraction of sp³-hybridized carbons (Fsp3) is 0.562. The first-order valence-electron chi connectivity index (χ1n) is 7.36. The number of benzene rings is 1. The third-order valence-electron chi connectivity index (χ3n) is 4.28. The second-order valence-corrected chi connectivity index (χ2v) is 6.17. The fourth-order valence-corrected chi connectivity index (χ4v) is 2.95. The van der Waals surface area contributed by atoms with Gasteiger partial charge in [-0.05, 0) is 62.8 Å². The van der Waals surface area contributed by atoms with Crippen molar-refractivity contribution in [3.05, 3.63) is 34.9 Å². The fourth-order valence-electron chi connectivity index (χ4n) is 2.83. The number of rotatable bonds is 4. The smallest absolute Gasteiger partial charge is 0.223 e. The molecule has 4 heteroatoms. The minimum atomic E-state index is 0.0204. The van der Waals surface area contributed by atoms with Crippen LogP contribution in [0, 0.1) is 11.8 Å². The van der Waals surface area contributed by atoms with Crippen molar-refractivity contribution in [3.8, 4) is 0 Å². The molecule has 1 atom stereocenters. The molecule has 20 heavy (non-hydrogen) atoms. The van der Waals surface area contributed by atoms with Crippen molar-refractivity contribution < 1.29 is 4.79 Å². The molecule has 1 aromatic carbocycles. The van der Waals surface area contributed by atoms with Crippen LogP contribution < -0.4 is 11.1 Å². The maximum atomic E-state index is 12.3. The van der Waals surface area contributed by atoms with Crippen LogP contribution in [-0.4, -0.2) is 12.5 Å². The second-order valence-electron chi connectivity index (χ2n) is 5.74. The highest BCUT2D eigenvalue weighted by molar-refractivity contribution is 6.30. The van der Waals surface area contributed by atoms with E-state index in [1.165, 1.54) is 0 Å². The van der Waals surface area contributed by atoms with Gasteiger partial charge in [-0.25, -0.2) is 0 Å². The highest BCUT2D eigenvalue weighted by Crippen LogP contribution is 2.28. The van der Waals surface area contributed by atoms with E-state index in [0.29, 0.717) is 10.9 Å². The van der Waals surface area contributed by atoms with Crippen LogP contribution in [0.4, 0.5) is 0 Å². The molecule has 0 radical (unpaired) electrons. The number of carbonyl (C=O) groups is 1. The molecule has 1 saturated carbocycles. The van der Waals surface area contributed by atoms with Crippen molar-refractivity contribution in [1.82, 2.24) is 5.32 Å². The van der Waals surface area contributed by atoms with Crippen molar-refractivity contribution in [2.45, 2.75) is 38.6 Å². The van der Waals surface area contributed by atoms with Gasteiger partial charge in [0, 0.05) is 10.9 Å². The highest BCUT2D eigenvalue weighted by Gasteiger charge is 2.26. The van der Waals surface area contributed by atoms with E-state index in [4.69, 9.17) is 17.3 Å². The zero-order chi connectivity index (χ0) is 14.5. The monoisotopic (exact) mass is 294 g/mol. The van der Waals surface area contributed by atoms with Gasteiger partial charge in [-0.2, -0.15) is 0 Å². The summed E-state index contributed by atoms with van der Waals surface area (Å²) in [5, 5.41) is 3.82. The van der Waals surface area contributed by atoms with E-state index in [0.717, 1.165) is 37.8 Å². The molecule has 1 aliphatic rings. The highest BCUT2D eigenvalue weighted by atomic mass is 35.5. The van der Waals surface area contributed by atoms with Crippen molar-refractivity contribution in [1.29, 1.82) is 0 Å². The number of carbonyl (C=O) groups excluding carboxylic acids is 1. The molecule has 1 fully saturated rings. The molecular weight excluding hydrogens is 272 g/mol. The molecule has 1 unspecified atom stereocenters. The normalized spacial score (nSPS) is 24.1. The molecule has 0 spiro atoms. The molecule has 0 bridgehead atoms. The zero-order valence-corrected chi connectivity index (χ0v) is 12.7. The van der Waals surface area contributed by atoms with Gasteiger partial charge < -0.3 is 11.1 Å². The summed E-state index contributed by atoms with van der Waals surface area (Å²) in [6.07, 6.45) is 4.07. The summed E-state index contributed by atoms with van der Waals surface area (Å²) in [6, 6.07) is 7.64. The Kier molecular flexibility index (Phi) is 5.44. The quantitative estimate of drug-likeness (QED) is 0.895. The van der Waals surface area contributed by atoms with Crippen LogP contribution in [0.5, 0.6) is 0 Å². The van der Waals surface area contributed by atoms with Gasteiger partial charge >= 0.3 is 0 Å². The van der Waals surface area contributed by atoms with Gasteiger partial charge in [0.2, 0.25) is 5.91 Å². The van der Waals surface area contributed by atoms with Crippen LogP contribution >= 0.6 is 11.6 Å². The lowest BCUT2D eigenvalue weighted by Gasteiger charge is -2.28.